The molecule has 2 aliphatic rings. The van der Waals surface area contributed by atoms with Crippen molar-refractivity contribution in [3.63, 3.8) is 0 Å². The van der Waals surface area contributed by atoms with Crippen LogP contribution in [0.4, 0.5) is 5.00 Å². The normalized spacial score (nSPS) is 21.2. The lowest BCUT2D eigenvalue weighted by molar-refractivity contribution is -0.380. The number of thiophene rings is 1. The molecular weight excluding hydrogens is 348 g/mol. The van der Waals surface area contributed by atoms with Crippen molar-refractivity contribution in [2.45, 2.75) is 12.5 Å². The SMILES string of the molecule is O=C(CC1COCCN1)N1CCN(C(=O)c2ccc([N+](=O)[O-])s2)CC1. The third-order valence-electron chi connectivity index (χ3n) is 4.32. The predicted molar refractivity (Wildman–Crippen MR) is 90.7 cm³/mol. The summed E-state index contributed by atoms with van der Waals surface area (Å²) in [6.07, 6.45) is 0.394. The molecule has 0 aliphatic carbocycles. The van der Waals surface area contributed by atoms with Gasteiger partial charge in [0.15, 0.2) is 0 Å². The van der Waals surface area contributed by atoms with E-state index in [0.717, 1.165) is 17.9 Å². The molecule has 3 rings (SSSR count). The number of carbonyl (C=O) groups is 2. The summed E-state index contributed by atoms with van der Waals surface area (Å²) in [6, 6.07) is 2.88. The number of ether oxygens (including phenoxy) is 1. The first-order valence-electron chi connectivity index (χ1n) is 8.17. The summed E-state index contributed by atoms with van der Waals surface area (Å²) in [5.41, 5.74) is 0. The van der Waals surface area contributed by atoms with Gasteiger partial charge in [-0.15, -0.1) is 0 Å². The first kappa shape index (κ1) is 17.8. The van der Waals surface area contributed by atoms with Crippen molar-refractivity contribution in [1.82, 2.24) is 15.1 Å². The number of hydrogen-bond acceptors (Lipinski definition) is 7. The Kier molecular flexibility index (Phi) is 5.61. The van der Waals surface area contributed by atoms with Gasteiger partial charge in [0.1, 0.15) is 0 Å². The molecular formula is C15H20N4O5S. The van der Waals surface area contributed by atoms with Crippen LogP contribution >= 0.6 is 11.3 Å². The van der Waals surface area contributed by atoms with Gasteiger partial charge in [0.2, 0.25) is 5.91 Å². The van der Waals surface area contributed by atoms with Crippen LogP contribution in [0, 0.1) is 10.1 Å². The lowest BCUT2D eigenvalue weighted by Gasteiger charge is -2.35. The molecule has 1 unspecified atom stereocenters. The second-order valence-electron chi connectivity index (χ2n) is 6.00. The first-order chi connectivity index (χ1) is 12.0. The zero-order valence-corrected chi connectivity index (χ0v) is 14.5. The molecule has 10 heteroatoms. The van der Waals surface area contributed by atoms with E-state index in [9.17, 15) is 19.7 Å². The number of nitrogens with zero attached hydrogens (tertiary/aromatic N) is 3. The van der Waals surface area contributed by atoms with E-state index in [1.165, 1.54) is 12.1 Å². The number of nitro groups is 1. The Hall–Kier alpha value is -2.04. The van der Waals surface area contributed by atoms with E-state index < -0.39 is 4.92 Å². The minimum Gasteiger partial charge on any atom is -0.378 e. The number of nitrogens with one attached hydrogen (secondary N) is 1. The average molecular weight is 368 g/mol. The zero-order valence-electron chi connectivity index (χ0n) is 13.7. The Labute approximate surface area is 148 Å². The lowest BCUT2D eigenvalue weighted by Crippen LogP contribution is -2.52. The van der Waals surface area contributed by atoms with E-state index in [4.69, 9.17) is 4.74 Å². The second-order valence-corrected chi connectivity index (χ2v) is 7.06. The van der Waals surface area contributed by atoms with Crippen molar-refractivity contribution in [2.75, 3.05) is 45.9 Å². The van der Waals surface area contributed by atoms with E-state index in [0.29, 0.717) is 50.7 Å². The van der Waals surface area contributed by atoms with Crippen molar-refractivity contribution < 1.29 is 19.2 Å². The van der Waals surface area contributed by atoms with Gasteiger partial charge >= 0.3 is 5.00 Å². The maximum atomic E-state index is 12.4. The zero-order chi connectivity index (χ0) is 17.8. The van der Waals surface area contributed by atoms with Gasteiger partial charge in [-0.3, -0.25) is 19.7 Å². The van der Waals surface area contributed by atoms with Crippen LogP contribution in [0.1, 0.15) is 16.1 Å². The van der Waals surface area contributed by atoms with Crippen LogP contribution in [0.5, 0.6) is 0 Å². The highest BCUT2D eigenvalue weighted by atomic mass is 32.1. The number of morpholine rings is 1. The first-order valence-corrected chi connectivity index (χ1v) is 8.98. The van der Waals surface area contributed by atoms with E-state index in [2.05, 4.69) is 5.32 Å². The fraction of sp³-hybridized carbons (Fsp3) is 0.600. The van der Waals surface area contributed by atoms with Crippen molar-refractivity contribution >= 4 is 28.2 Å². The maximum absolute atomic E-state index is 12.4. The Morgan fingerprint density at radius 2 is 2.00 bits per heavy atom. The lowest BCUT2D eigenvalue weighted by atomic mass is 10.1. The molecule has 0 saturated carbocycles. The molecule has 1 aromatic rings. The summed E-state index contributed by atoms with van der Waals surface area (Å²) in [4.78, 5) is 38.7. The summed E-state index contributed by atoms with van der Waals surface area (Å²) in [6.45, 7) is 3.80. The molecule has 1 aromatic heterocycles. The van der Waals surface area contributed by atoms with Crippen LogP contribution in [-0.2, 0) is 9.53 Å². The van der Waals surface area contributed by atoms with Gasteiger partial charge in [-0.05, 0) is 6.07 Å². The summed E-state index contributed by atoms with van der Waals surface area (Å²) in [5.74, 6) is -0.158. The molecule has 0 bridgehead atoms. The van der Waals surface area contributed by atoms with Crippen LogP contribution in [0.25, 0.3) is 0 Å². The maximum Gasteiger partial charge on any atom is 0.324 e. The molecule has 136 valence electrons. The minimum atomic E-state index is -0.499. The van der Waals surface area contributed by atoms with Crippen molar-refractivity contribution in [3.8, 4) is 0 Å². The molecule has 1 N–H and O–H groups in total. The monoisotopic (exact) mass is 368 g/mol. The topological polar surface area (TPSA) is 105 Å². The Bertz CT molecular complexity index is 650. The predicted octanol–water partition coefficient (Wildman–Crippen LogP) is 0.319. The molecule has 2 aliphatic heterocycles. The summed E-state index contributed by atoms with van der Waals surface area (Å²) in [5, 5.41) is 13.9. The van der Waals surface area contributed by atoms with Gasteiger partial charge in [0.05, 0.1) is 23.0 Å². The quantitative estimate of drug-likeness (QED) is 0.606. The van der Waals surface area contributed by atoms with Crippen LogP contribution < -0.4 is 5.32 Å². The minimum absolute atomic E-state index is 0.0423. The summed E-state index contributed by atoms with van der Waals surface area (Å²) < 4.78 is 5.35. The number of carbonyl (C=O) groups excluding carboxylic acids is 2. The van der Waals surface area contributed by atoms with Crippen LogP contribution in [0.2, 0.25) is 0 Å². The van der Waals surface area contributed by atoms with E-state index in [-0.39, 0.29) is 22.9 Å². The van der Waals surface area contributed by atoms with Crippen LogP contribution in [0.3, 0.4) is 0 Å². The van der Waals surface area contributed by atoms with Gasteiger partial charge in [-0.2, -0.15) is 0 Å². The standard InChI is InChI=1S/C15H20N4O5S/c20-13(9-11-10-24-8-3-16-11)17-4-6-18(7-5-17)15(21)12-1-2-14(25-12)19(22)23/h1-2,11,16H,3-10H2. The molecule has 0 spiro atoms. The highest BCUT2D eigenvalue weighted by Crippen LogP contribution is 2.25. The van der Waals surface area contributed by atoms with E-state index >= 15 is 0 Å². The molecule has 2 amide bonds. The average Bonchev–Trinajstić information content (AvgIpc) is 3.12. The number of rotatable bonds is 4. The molecule has 2 saturated heterocycles. The van der Waals surface area contributed by atoms with Gasteiger partial charge in [0, 0.05) is 51.3 Å². The van der Waals surface area contributed by atoms with Crippen LogP contribution in [-0.4, -0.2) is 78.5 Å². The highest BCUT2D eigenvalue weighted by molar-refractivity contribution is 7.17. The Morgan fingerprint density at radius 1 is 1.28 bits per heavy atom. The van der Waals surface area contributed by atoms with Gasteiger partial charge in [-0.25, -0.2) is 0 Å². The fourth-order valence-corrected chi connectivity index (χ4v) is 3.73. The number of amides is 2. The van der Waals surface area contributed by atoms with Crippen molar-refractivity contribution in [2.24, 2.45) is 0 Å². The smallest absolute Gasteiger partial charge is 0.324 e. The van der Waals surface area contributed by atoms with E-state index in [1.54, 1.807) is 9.80 Å². The number of piperazine rings is 1. The third kappa shape index (κ3) is 4.33. The van der Waals surface area contributed by atoms with Crippen LogP contribution in [0.15, 0.2) is 12.1 Å². The van der Waals surface area contributed by atoms with Gasteiger partial charge < -0.3 is 19.9 Å². The number of hydrogen-bond donors (Lipinski definition) is 1. The summed E-state index contributed by atoms with van der Waals surface area (Å²) >= 11 is 0.880. The van der Waals surface area contributed by atoms with E-state index in [1.807, 2.05) is 0 Å². The molecule has 25 heavy (non-hydrogen) atoms. The van der Waals surface area contributed by atoms with Crippen molar-refractivity contribution in [1.29, 1.82) is 0 Å². The fourth-order valence-electron chi connectivity index (χ4n) is 2.95. The molecule has 0 radical (unpaired) electrons. The van der Waals surface area contributed by atoms with Crippen molar-refractivity contribution in [3.05, 3.63) is 27.1 Å². The molecule has 2 fully saturated rings. The van der Waals surface area contributed by atoms with Gasteiger partial charge in [0.25, 0.3) is 5.91 Å². The van der Waals surface area contributed by atoms with Gasteiger partial charge in [-0.1, -0.05) is 11.3 Å². The Balaban J connectivity index is 1.49. The second kappa shape index (κ2) is 7.89. The molecule has 3 heterocycles. The largest absolute Gasteiger partial charge is 0.378 e. The summed E-state index contributed by atoms with van der Waals surface area (Å²) in [7, 11) is 0. The molecule has 9 nitrogen and oxygen atoms in total. The molecule has 1 atom stereocenters. The highest BCUT2D eigenvalue weighted by Gasteiger charge is 2.28. The Morgan fingerprint density at radius 3 is 2.60 bits per heavy atom. The molecule has 0 aromatic carbocycles. The third-order valence-corrected chi connectivity index (χ3v) is 5.35.